The van der Waals surface area contributed by atoms with E-state index in [-0.39, 0.29) is 10.2 Å². The number of carboxylic acid groups (broad SMARTS) is 2. The van der Waals surface area contributed by atoms with Gasteiger partial charge in [0.2, 0.25) is 0 Å². The standard InChI is InChI=1S/C21H16N2O7S2/c24-18(25)11-29-15-5-1-13(2-6-15)9-17-20(28)23(21(31)32-17)22-10-14-3-7-16(8-4-14)30-12-19(26)27/h1-10H,11-12H2,(H,24,25)(H,26,27). The minimum atomic E-state index is -1.07. The van der Waals surface area contributed by atoms with Crippen LogP contribution in [0.4, 0.5) is 0 Å². The predicted molar refractivity (Wildman–Crippen MR) is 122 cm³/mol. The van der Waals surface area contributed by atoms with Crippen LogP contribution >= 0.6 is 24.0 Å². The van der Waals surface area contributed by atoms with E-state index in [4.69, 9.17) is 31.9 Å². The topological polar surface area (TPSA) is 126 Å². The molecule has 1 heterocycles. The lowest BCUT2D eigenvalue weighted by molar-refractivity contribution is -0.140. The van der Waals surface area contributed by atoms with Crippen LogP contribution in [-0.2, 0) is 14.4 Å². The molecule has 164 valence electrons. The molecule has 2 aromatic carbocycles. The van der Waals surface area contributed by atoms with Crippen molar-refractivity contribution in [1.29, 1.82) is 0 Å². The van der Waals surface area contributed by atoms with Crippen LogP contribution in [0.3, 0.4) is 0 Å². The third-order valence-electron chi connectivity index (χ3n) is 3.88. The van der Waals surface area contributed by atoms with Crippen molar-refractivity contribution in [2.24, 2.45) is 5.10 Å². The van der Waals surface area contributed by atoms with Gasteiger partial charge in [-0.25, -0.2) is 9.59 Å². The number of amides is 1. The molecule has 2 N–H and O–H groups in total. The van der Waals surface area contributed by atoms with Crippen molar-refractivity contribution in [2.45, 2.75) is 0 Å². The average molecular weight is 473 g/mol. The van der Waals surface area contributed by atoms with Crippen LogP contribution in [0.2, 0.25) is 0 Å². The molecule has 9 nitrogen and oxygen atoms in total. The number of rotatable bonds is 9. The lowest BCUT2D eigenvalue weighted by Crippen LogP contribution is -2.22. The maximum atomic E-state index is 12.7. The Labute approximate surface area is 191 Å². The molecule has 1 fully saturated rings. The minimum Gasteiger partial charge on any atom is -0.482 e. The first-order valence-corrected chi connectivity index (χ1v) is 10.3. The summed E-state index contributed by atoms with van der Waals surface area (Å²) in [6.45, 7) is -0.873. The van der Waals surface area contributed by atoms with Gasteiger partial charge in [-0.1, -0.05) is 23.9 Å². The van der Waals surface area contributed by atoms with Crippen LogP contribution in [0, 0.1) is 0 Å². The molecule has 0 spiro atoms. The molecule has 1 amide bonds. The molecule has 1 aliphatic rings. The number of carboxylic acids is 2. The Kier molecular flexibility index (Phi) is 7.58. The van der Waals surface area contributed by atoms with Crippen molar-refractivity contribution in [2.75, 3.05) is 13.2 Å². The van der Waals surface area contributed by atoms with Crippen molar-refractivity contribution in [1.82, 2.24) is 5.01 Å². The largest absolute Gasteiger partial charge is 0.482 e. The monoisotopic (exact) mass is 472 g/mol. The molecule has 0 bridgehead atoms. The zero-order valence-electron chi connectivity index (χ0n) is 16.3. The third kappa shape index (κ3) is 6.40. The number of carbonyl (C=O) groups excluding carboxylic acids is 1. The maximum absolute atomic E-state index is 12.7. The van der Waals surface area contributed by atoms with Gasteiger partial charge in [-0.3, -0.25) is 4.79 Å². The highest BCUT2D eigenvalue weighted by molar-refractivity contribution is 8.26. The van der Waals surface area contributed by atoms with Gasteiger partial charge in [0.15, 0.2) is 17.5 Å². The Morgan fingerprint density at radius 1 is 0.938 bits per heavy atom. The molecule has 0 atom stereocenters. The fourth-order valence-corrected chi connectivity index (χ4v) is 3.61. The van der Waals surface area contributed by atoms with Crippen molar-refractivity contribution < 1.29 is 34.1 Å². The predicted octanol–water partition coefficient (Wildman–Crippen LogP) is 2.85. The Bertz CT molecular complexity index is 1100. The molecule has 0 unspecified atom stereocenters. The summed E-state index contributed by atoms with van der Waals surface area (Å²) in [6.07, 6.45) is 3.12. The second kappa shape index (κ2) is 10.6. The van der Waals surface area contributed by atoms with Gasteiger partial charge in [0, 0.05) is 0 Å². The summed E-state index contributed by atoms with van der Waals surface area (Å²) >= 11 is 6.36. The highest BCUT2D eigenvalue weighted by Gasteiger charge is 2.32. The first-order valence-electron chi connectivity index (χ1n) is 9.03. The summed E-state index contributed by atoms with van der Waals surface area (Å²) in [5.74, 6) is -1.70. The van der Waals surface area contributed by atoms with Crippen LogP contribution in [-0.4, -0.2) is 56.8 Å². The number of aliphatic carboxylic acids is 2. The summed E-state index contributed by atoms with van der Waals surface area (Å²) in [7, 11) is 0. The quantitative estimate of drug-likeness (QED) is 0.322. The normalized spacial score (nSPS) is 14.9. The highest BCUT2D eigenvalue weighted by Crippen LogP contribution is 2.33. The molecule has 0 radical (unpaired) electrons. The average Bonchev–Trinajstić information content (AvgIpc) is 3.03. The molecular formula is C21H16N2O7S2. The number of thioether (sulfide) groups is 1. The molecule has 1 saturated heterocycles. The Morgan fingerprint density at radius 2 is 1.44 bits per heavy atom. The van der Waals surface area contributed by atoms with E-state index in [9.17, 15) is 14.4 Å². The van der Waals surface area contributed by atoms with Crippen LogP contribution in [0.25, 0.3) is 6.08 Å². The van der Waals surface area contributed by atoms with Gasteiger partial charge >= 0.3 is 11.9 Å². The summed E-state index contributed by atoms with van der Waals surface area (Å²) < 4.78 is 10.4. The number of benzene rings is 2. The maximum Gasteiger partial charge on any atom is 0.341 e. The number of thiocarbonyl (C=S) groups is 1. The Balaban J connectivity index is 1.64. The molecule has 0 aliphatic carbocycles. The van der Waals surface area contributed by atoms with Crippen molar-refractivity contribution in [3.8, 4) is 11.5 Å². The SMILES string of the molecule is O=C(O)COc1ccc(C=NN2C(=O)C(=Cc3ccc(OCC(=O)O)cc3)SC2=S)cc1. The van der Waals surface area contributed by atoms with Gasteiger partial charge in [-0.05, 0) is 65.8 Å². The zero-order valence-corrected chi connectivity index (χ0v) is 18.0. The van der Waals surface area contributed by atoms with E-state index in [1.165, 1.54) is 6.21 Å². The third-order valence-corrected chi connectivity index (χ3v) is 5.16. The number of carbonyl (C=O) groups is 3. The molecule has 2 aromatic rings. The lowest BCUT2D eigenvalue weighted by Gasteiger charge is -2.06. The second-order valence-corrected chi connectivity index (χ2v) is 7.92. The van der Waals surface area contributed by atoms with Crippen LogP contribution in [0.5, 0.6) is 11.5 Å². The van der Waals surface area contributed by atoms with E-state index >= 15 is 0 Å². The summed E-state index contributed by atoms with van der Waals surface area (Å²) in [4.78, 5) is 34.1. The molecule has 0 aromatic heterocycles. The van der Waals surface area contributed by atoms with Gasteiger partial charge in [0.1, 0.15) is 11.5 Å². The first-order chi connectivity index (χ1) is 15.3. The van der Waals surface area contributed by atoms with Crippen molar-refractivity contribution >= 4 is 58.4 Å². The fourth-order valence-electron chi connectivity index (χ4n) is 2.44. The smallest absolute Gasteiger partial charge is 0.341 e. The molecule has 32 heavy (non-hydrogen) atoms. The summed E-state index contributed by atoms with van der Waals surface area (Å²) in [6, 6.07) is 13.1. The Hall–Kier alpha value is -3.70. The van der Waals surface area contributed by atoms with E-state index < -0.39 is 25.2 Å². The molecular weight excluding hydrogens is 456 g/mol. The number of hydrazone groups is 1. The van der Waals surface area contributed by atoms with E-state index in [0.29, 0.717) is 27.5 Å². The van der Waals surface area contributed by atoms with Gasteiger partial charge < -0.3 is 19.7 Å². The second-order valence-electron chi connectivity index (χ2n) is 6.24. The molecule has 0 saturated carbocycles. The van der Waals surface area contributed by atoms with E-state index in [1.54, 1.807) is 54.6 Å². The molecule has 11 heteroatoms. The molecule has 3 rings (SSSR count). The number of hydrogen-bond donors (Lipinski definition) is 2. The van der Waals surface area contributed by atoms with Crippen molar-refractivity contribution in [3.63, 3.8) is 0 Å². The van der Waals surface area contributed by atoms with E-state index in [2.05, 4.69) is 5.10 Å². The first kappa shape index (κ1) is 23.0. The van der Waals surface area contributed by atoms with Gasteiger partial charge in [0.25, 0.3) is 5.91 Å². The van der Waals surface area contributed by atoms with Crippen LogP contribution in [0.15, 0.2) is 58.5 Å². The zero-order chi connectivity index (χ0) is 23.1. The van der Waals surface area contributed by atoms with Crippen LogP contribution in [0.1, 0.15) is 11.1 Å². The van der Waals surface area contributed by atoms with Gasteiger partial charge in [0.05, 0.1) is 11.1 Å². The van der Waals surface area contributed by atoms with Gasteiger partial charge in [-0.2, -0.15) is 10.1 Å². The van der Waals surface area contributed by atoms with Crippen LogP contribution < -0.4 is 9.47 Å². The van der Waals surface area contributed by atoms with E-state index in [0.717, 1.165) is 16.8 Å². The fraction of sp³-hybridized carbons (Fsp3) is 0.0952. The number of ether oxygens (including phenoxy) is 2. The van der Waals surface area contributed by atoms with E-state index in [1.807, 2.05) is 0 Å². The molecule has 1 aliphatic heterocycles. The number of nitrogens with zero attached hydrogens (tertiary/aromatic N) is 2. The highest BCUT2D eigenvalue weighted by atomic mass is 32.2. The summed E-state index contributed by atoms with van der Waals surface area (Å²) in [5.41, 5.74) is 1.39. The number of hydrogen-bond acceptors (Lipinski definition) is 8. The summed E-state index contributed by atoms with van der Waals surface area (Å²) in [5, 5.41) is 22.5. The van der Waals surface area contributed by atoms with Crippen molar-refractivity contribution in [3.05, 3.63) is 64.6 Å². The Morgan fingerprint density at radius 3 is 1.94 bits per heavy atom. The minimum absolute atomic E-state index is 0.278. The lowest BCUT2D eigenvalue weighted by atomic mass is 10.2. The van der Waals surface area contributed by atoms with Gasteiger partial charge in [-0.15, -0.1) is 0 Å².